The zero-order valence-electron chi connectivity index (χ0n) is 13.1. The minimum Gasteiger partial charge on any atom is -0.490 e. The molecule has 1 N–H and O–H groups in total. The molecule has 2 rings (SSSR count). The van der Waals surface area contributed by atoms with Crippen LogP contribution in [0, 0.1) is 0 Å². The Morgan fingerprint density at radius 3 is 2.81 bits per heavy atom. The quantitative estimate of drug-likeness (QED) is 0.711. The summed E-state index contributed by atoms with van der Waals surface area (Å²) in [4.78, 5) is 0. The van der Waals surface area contributed by atoms with E-state index in [0.29, 0.717) is 19.8 Å². The number of rotatable bonds is 9. The fourth-order valence-corrected chi connectivity index (χ4v) is 2.53. The van der Waals surface area contributed by atoms with Crippen molar-refractivity contribution in [1.82, 2.24) is 5.32 Å². The van der Waals surface area contributed by atoms with E-state index in [9.17, 15) is 0 Å². The zero-order valence-corrected chi connectivity index (χ0v) is 13.1. The predicted molar refractivity (Wildman–Crippen MR) is 83.8 cm³/mol. The van der Waals surface area contributed by atoms with Crippen molar-refractivity contribution in [2.24, 2.45) is 0 Å². The van der Waals surface area contributed by atoms with Crippen molar-refractivity contribution in [3.8, 4) is 5.75 Å². The zero-order chi connectivity index (χ0) is 14.9. The Morgan fingerprint density at radius 1 is 1.14 bits per heavy atom. The van der Waals surface area contributed by atoms with Gasteiger partial charge in [0, 0.05) is 12.2 Å². The topological polar surface area (TPSA) is 39.7 Å². The standard InChI is InChI=1S/C17H27NO3/c1-3-9-18-17-14-7-5-6-8-15(14)21-13-16(17)20-12-11-19-10-4-2/h5-8,16-18H,3-4,9-13H2,1-2H3. The van der Waals surface area contributed by atoms with Crippen LogP contribution in [-0.4, -0.2) is 39.1 Å². The first-order valence-corrected chi connectivity index (χ1v) is 8.01. The molecule has 2 atom stereocenters. The Hall–Kier alpha value is -1.10. The van der Waals surface area contributed by atoms with Crippen molar-refractivity contribution < 1.29 is 14.2 Å². The predicted octanol–water partition coefficient (Wildman–Crippen LogP) is 2.93. The smallest absolute Gasteiger partial charge is 0.124 e. The largest absolute Gasteiger partial charge is 0.490 e. The first-order valence-electron chi connectivity index (χ1n) is 8.01. The summed E-state index contributed by atoms with van der Waals surface area (Å²) in [5.41, 5.74) is 1.19. The highest BCUT2D eigenvalue weighted by Crippen LogP contribution is 2.33. The third-order valence-electron chi connectivity index (χ3n) is 3.55. The van der Waals surface area contributed by atoms with Crippen molar-refractivity contribution in [2.45, 2.75) is 38.8 Å². The molecule has 1 aliphatic heterocycles. The van der Waals surface area contributed by atoms with Gasteiger partial charge in [0.25, 0.3) is 0 Å². The van der Waals surface area contributed by atoms with Gasteiger partial charge in [0.15, 0.2) is 0 Å². The molecule has 4 heteroatoms. The molecule has 1 aromatic rings. The van der Waals surface area contributed by atoms with E-state index in [2.05, 4.69) is 31.3 Å². The SMILES string of the molecule is CCCNC1c2ccccc2OCC1OCCOCCC. The first-order chi connectivity index (χ1) is 10.4. The number of fused-ring (bicyclic) bond motifs is 1. The second-order valence-corrected chi connectivity index (χ2v) is 5.30. The van der Waals surface area contributed by atoms with Crippen LogP contribution in [-0.2, 0) is 9.47 Å². The third kappa shape index (κ3) is 4.70. The molecular weight excluding hydrogens is 266 g/mol. The maximum Gasteiger partial charge on any atom is 0.124 e. The van der Waals surface area contributed by atoms with Gasteiger partial charge in [-0.25, -0.2) is 0 Å². The summed E-state index contributed by atoms with van der Waals surface area (Å²) in [5.74, 6) is 0.966. The molecule has 1 heterocycles. The normalized spacial score (nSPS) is 20.9. The van der Waals surface area contributed by atoms with Gasteiger partial charge in [-0.3, -0.25) is 0 Å². The van der Waals surface area contributed by atoms with E-state index in [0.717, 1.165) is 31.7 Å². The van der Waals surface area contributed by atoms with E-state index >= 15 is 0 Å². The maximum atomic E-state index is 5.98. The highest BCUT2D eigenvalue weighted by Gasteiger charge is 2.30. The average molecular weight is 293 g/mol. The second-order valence-electron chi connectivity index (χ2n) is 5.30. The lowest BCUT2D eigenvalue weighted by molar-refractivity contribution is -0.0396. The molecule has 0 amide bonds. The summed E-state index contributed by atoms with van der Waals surface area (Å²) in [6.07, 6.45) is 2.18. The minimum absolute atomic E-state index is 0.0386. The lowest BCUT2D eigenvalue weighted by Gasteiger charge is -2.34. The summed E-state index contributed by atoms with van der Waals surface area (Å²) < 4.78 is 17.3. The van der Waals surface area contributed by atoms with Gasteiger partial charge in [0.05, 0.1) is 19.3 Å². The molecule has 0 spiro atoms. The molecule has 1 aliphatic rings. The molecule has 0 aliphatic carbocycles. The Labute approximate surface area is 127 Å². The Kier molecular flexibility index (Phi) is 7.00. The van der Waals surface area contributed by atoms with Crippen LogP contribution in [0.3, 0.4) is 0 Å². The summed E-state index contributed by atoms with van der Waals surface area (Å²) in [7, 11) is 0. The van der Waals surface area contributed by atoms with Gasteiger partial charge in [0.1, 0.15) is 18.5 Å². The van der Waals surface area contributed by atoms with Crippen LogP contribution in [0.4, 0.5) is 0 Å². The van der Waals surface area contributed by atoms with E-state index in [1.54, 1.807) is 0 Å². The highest BCUT2D eigenvalue weighted by molar-refractivity contribution is 5.38. The van der Waals surface area contributed by atoms with Gasteiger partial charge in [-0.1, -0.05) is 32.0 Å². The summed E-state index contributed by atoms with van der Waals surface area (Å²) >= 11 is 0. The summed E-state index contributed by atoms with van der Waals surface area (Å²) in [6.45, 7) is 7.90. The van der Waals surface area contributed by atoms with E-state index < -0.39 is 0 Å². The van der Waals surface area contributed by atoms with Gasteiger partial charge in [-0.15, -0.1) is 0 Å². The van der Waals surface area contributed by atoms with Gasteiger partial charge in [-0.2, -0.15) is 0 Å². The number of nitrogens with one attached hydrogen (secondary N) is 1. The average Bonchev–Trinajstić information content (AvgIpc) is 2.53. The van der Waals surface area contributed by atoms with E-state index in [1.165, 1.54) is 5.56 Å². The number of ether oxygens (including phenoxy) is 3. The van der Waals surface area contributed by atoms with Crippen molar-refractivity contribution in [3.63, 3.8) is 0 Å². The van der Waals surface area contributed by atoms with Crippen LogP contribution >= 0.6 is 0 Å². The summed E-state index contributed by atoms with van der Waals surface area (Å²) in [5, 5.41) is 3.58. The molecule has 0 fully saturated rings. The van der Waals surface area contributed by atoms with E-state index in [4.69, 9.17) is 14.2 Å². The van der Waals surface area contributed by atoms with Crippen LogP contribution < -0.4 is 10.1 Å². The molecule has 118 valence electrons. The summed E-state index contributed by atoms with van der Waals surface area (Å²) in [6, 6.07) is 8.40. The fourth-order valence-electron chi connectivity index (χ4n) is 2.53. The van der Waals surface area contributed by atoms with Crippen LogP contribution in [0.1, 0.15) is 38.3 Å². The molecule has 0 aromatic heterocycles. The molecule has 0 bridgehead atoms. The molecule has 0 saturated heterocycles. The van der Waals surface area contributed by atoms with Crippen molar-refractivity contribution in [3.05, 3.63) is 29.8 Å². The van der Waals surface area contributed by atoms with Gasteiger partial charge >= 0.3 is 0 Å². The Bertz CT molecular complexity index is 411. The second kappa shape index (κ2) is 9.03. The first kappa shape index (κ1) is 16.3. The molecular formula is C17H27NO3. The number of hydrogen-bond donors (Lipinski definition) is 1. The number of para-hydroxylation sites is 1. The van der Waals surface area contributed by atoms with Gasteiger partial charge < -0.3 is 19.5 Å². The minimum atomic E-state index is 0.0386. The molecule has 2 unspecified atom stereocenters. The lowest BCUT2D eigenvalue weighted by atomic mass is 9.98. The molecule has 0 saturated carbocycles. The lowest BCUT2D eigenvalue weighted by Crippen LogP contribution is -2.41. The number of benzene rings is 1. The van der Waals surface area contributed by atoms with Crippen molar-refractivity contribution in [2.75, 3.05) is 33.0 Å². The Balaban J connectivity index is 1.93. The molecule has 0 radical (unpaired) electrons. The van der Waals surface area contributed by atoms with Crippen molar-refractivity contribution in [1.29, 1.82) is 0 Å². The molecule has 1 aromatic carbocycles. The van der Waals surface area contributed by atoms with Crippen LogP contribution in [0.5, 0.6) is 5.75 Å². The van der Waals surface area contributed by atoms with Crippen LogP contribution in [0.2, 0.25) is 0 Å². The monoisotopic (exact) mass is 293 g/mol. The number of hydrogen-bond acceptors (Lipinski definition) is 4. The van der Waals surface area contributed by atoms with Crippen LogP contribution in [0.15, 0.2) is 24.3 Å². The maximum absolute atomic E-state index is 5.98. The molecule has 4 nitrogen and oxygen atoms in total. The van der Waals surface area contributed by atoms with Crippen molar-refractivity contribution >= 4 is 0 Å². The van der Waals surface area contributed by atoms with E-state index in [-0.39, 0.29) is 12.1 Å². The Morgan fingerprint density at radius 2 is 2.00 bits per heavy atom. The van der Waals surface area contributed by atoms with Gasteiger partial charge in [0.2, 0.25) is 0 Å². The molecule has 21 heavy (non-hydrogen) atoms. The fraction of sp³-hybridized carbons (Fsp3) is 0.647. The van der Waals surface area contributed by atoms with Crippen LogP contribution in [0.25, 0.3) is 0 Å². The van der Waals surface area contributed by atoms with Gasteiger partial charge in [-0.05, 0) is 25.5 Å². The highest BCUT2D eigenvalue weighted by atomic mass is 16.6. The third-order valence-corrected chi connectivity index (χ3v) is 3.55. The van der Waals surface area contributed by atoms with E-state index in [1.807, 2.05) is 12.1 Å².